The van der Waals surface area contributed by atoms with Crippen molar-refractivity contribution < 1.29 is 8.87 Å². The van der Waals surface area contributed by atoms with E-state index >= 15 is 0 Å². The van der Waals surface area contributed by atoms with Gasteiger partial charge < -0.3 is 4.48 Å². The first kappa shape index (κ1) is 28.1. The van der Waals surface area contributed by atoms with Crippen LogP contribution in [0.3, 0.4) is 0 Å². The van der Waals surface area contributed by atoms with Gasteiger partial charge in [0.1, 0.15) is 5.82 Å². The summed E-state index contributed by atoms with van der Waals surface area (Å²) in [4.78, 5) is 0. The Labute approximate surface area is 194 Å². The monoisotopic (exact) mass is 434 g/mol. The highest BCUT2D eigenvalue weighted by Crippen LogP contribution is 2.22. The smallest absolute Gasteiger partial charge is 0.123 e. The third-order valence-electron chi connectivity index (χ3n) is 7.22. The average Bonchev–Trinajstić information content (AvgIpc) is 2.75. The van der Waals surface area contributed by atoms with Gasteiger partial charge in [-0.2, -0.15) is 0 Å². The van der Waals surface area contributed by atoms with Gasteiger partial charge in [-0.3, -0.25) is 0 Å². The fourth-order valence-corrected chi connectivity index (χ4v) is 4.97. The van der Waals surface area contributed by atoms with Gasteiger partial charge in [0.05, 0.1) is 25.7 Å². The van der Waals surface area contributed by atoms with E-state index in [1.807, 2.05) is 6.07 Å². The molecular weight excluding hydrogens is 381 g/mol. The minimum atomic E-state index is -0.101. The van der Waals surface area contributed by atoms with Crippen LogP contribution in [-0.4, -0.2) is 30.2 Å². The molecule has 0 N–H and O–H groups in total. The van der Waals surface area contributed by atoms with Gasteiger partial charge in [-0.25, -0.2) is 4.39 Å². The number of halogens is 1. The molecule has 0 aliphatic carbocycles. The molecule has 1 aromatic carbocycles. The second-order valence-corrected chi connectivity index (χ2v) is 10.1. The first-order valence-electron chi connectivity index (χ1n) is 13.6. The van der Waals surface area contributed by atoms with Crippen molar-refractivity contribution in [2.75, 3.05) is 19.6 Å². The number of unbranched alkanes of at least 4 members (excludes halogenated alkanes) is 11. The number of nitrogens with zero attached hydrogens (tertiary/aromatic N) is 1. The largest absolute Gasteiger partial charge is 0.322 e. The molecule has 31 heavy (non-hydrogen) atoms. The Morgan fingerprint density at radius 2 is 1.16 bits per heavy atom. The number of quaternary nitrogens is 1. The second kappa shape index (κ2) is 17.6. The number of rotatable bonds is 20. The molecule has 0 heterocycles. The normalized spacial score (nSPS) is 12.1. The Bertz CT molecular complexity index is 523. The van der Waals surface area contributed by atoms with E-state index in [0.717, 1.165) is 12.0 Å². The van der Waals surface area contributed by atoms with Crippen LogP contribution in [0.1, 0.15) is 123 Å². The number of hydrogen-bond donors (Lipinski definition) is 0. The summed E-state index contributed by atoms with van der Waals surface area (Å²) in [5, 5.41) is 0. The quantitative estimate of drug-likeness (QED) is 0.142. The Balaban J connectivity index is 2.55. The topological polar surface area (TPSA) is 0 Å². The molecule has 1 nitrogen and oxygen atoms in total. The van der Waals surface area contributed by atoms with Crippen molar-refractivity contribution in [3.63, 3.8) is 0 Å². The maximum atomic E-state index is 13.5. The molecule has 2 heteroatoms. The molecule has 0 aromatic heterocycles. The van der Waals surface area contributed by atoms with Crippen LogP contribution in [0.2, 0.25) is 0 Å². The van der Waals surface area contributed by atoms with Gasteiger partial charge in [0.2, 0.25) is 0 Å². The lowest BCUT2D eigenvalue weighted by molar-refractivity contribution is -0.948. The van der Waals surface area contributed by atoms with E-state index in [-0.39, 0.29) is 5.82 Å². The predicted molar refractivity (Wildman–Crippen MR) is 136 cm³/mol. The first-order valence-corrected chi connectivity index (χ1v) is 13.6. The van der Waals surface area contributed by atoms with E-state index in [1.54, 1.807) is 12.1 Å². The van der Waals surface area contributed by atoms with Crippen LogP contribution in [0.4, 0.5) is 4.39 Å². The molecule has 0 unspecified atom stereocenters. The van der Waals surface area contributed by atoms with Crippen molar-refractivity contribution in [2.24, 2.45) is 0 Å². The van der Waals surface area contributed by atoms with E-state index < -0.39 is 0 Å². The van der Waals surface area contributed by atoms with Crippen molar-refractivity contribution in [1.82, 2.24) is 0 Å². The molecule has 1 rings (SSSR count). The predicted octanol–water partition coefficient (Wildman–Crippen LogP) is 9.09. The van der Waals surface area contributed by atoms with Crippen LogP contribution in [0.15, 0.2) is 24.3 Å². The Hall–Kier alpha value is -0.890. The van der Waals surface area contributed by atoms with Crippen LogP contribution in [-0.2, 0) is 6.42 Å². The molecule has 0 bridgehead atoms. The van der Waals surface area contributed by atoms with Crippen LogP contribution in [0.25, 0.3) is 0 Å². The number of aryl methyl sites for hydroxylation is 1. The lowest BCUT2D eigenvalue weighted by atomic mass is 10.0. The lowest BCUT2D eigenvalue weighted by Crippen LogP contribution is -2.55. The number of hydrogen-bond acceptors (Lipinski definition) is 0. The van der Waals surface area contributed by atoms with Crippen molar-refractivity contribution in [2.45, 2.75) is 130 Å². The third-order valence-corrected chi connectivity index (χ3v) is 7.22. The zero-order valence-electron chi connectivity index (χ0n) is 21.4. The molecular formula is C29H53FN+. The molecule has 180 valence electrons. The first-order chi connectivity index (χ1) is 15.0. The zero-order chi connectivity index (χ0) is 22.8. The van der Waals surface area contributed by atoms with E-state index in [2.05, 4.69) is 33.8 Å². The van der Waals surface area contributed by atoms with Crippen molar-refractivity contribution in [3.05, 3.63) is 35.6 Å². The van der Waals surface area contributed by atoms with E-state index in [4.69, 9.17) is 0 Å². The molecule has 0 saturated carbocycles. The Morgan fingerprint density at radius 1 is 0.677 bits per heavy atom. The van der Waals surface area contributed by atoms with Crippen molar-refractivity contribution in [1.29, 1.82) is 0 Å². The summed E-state index contributed by atoms with van der Waals surface area (Å²) in [6.07, 6.45) is 20.0. The molecule has 0 saturated heterocycles. The summed E-state index contributed by atoms with van der Waals surface area (Å²) in [5.74, 6) is -0.101. The molecule has 0 radical (unpaired) electrons. The summed E-state index contributed by atoms with van der Waals surface area (Å²) in [6, 6.07) is 7.86. The maximum absolute atomic E-state index is 13.5. The van der Waals surface area contributed by atoms with E-state index in [0.29, 0.717) is 6.04 Å². The van der Waals surface area contributed by atoms with Crippen LogP contribution >= 0.6 is 0 Å². The third kappa shape index (κ3) is 12.7. The second-order valence-electron chi connectivity index (χ2n) is 10.1. The molecule has 0 fully saturated rings. The standard InChI is InChI=1S/C29H53FN/c1-5-7-9-11-13-16-23-31(27(3)4,24-17-14-12-10-8-6-2)25-18-15-20-28-21-19-22-29(30)26-28/h19,21-22,26-27H,5-18,20,23-25H2,1-4H3/q+1. The van der Waals surface area contributed by atoms with Gasteiger partial charge in [-0.05, 0) is 76.5 Å². The molecule has 0 spiro atoms. The molecule has 0 atom stereocenters. The highest BCUT2D eigenvalue weighted by Gasteiger charge is 2.29. The van der Waals surface area contributed by atoms with Crippen LogP contribution in [0.5, 0.6) is 0 Å². The Morgan fingerprint density at radius 3 is 1.65 bits per heavy atom. The molecule has 0 aliphatic heterocycles. The summed E-state index contributed by atoms with van der Waals surface area (Å²) in [6.45, 7) is 13.5. The number of benzene rings is 1. The highest BCUT2D eigenvalue weighted by atomic mass is 19.1. The van der Waals surface area contributed by atoms with E-state index in [9.17, 15) is 4.39 Å². The van der Waals surface area contributed by atoms with Gasteiger partial charge in [0.25, 0.3) is 0 Å². The van der Waals surface area contributed by atoms with Gasteiger partial charge in [-0.15, -0.1) is 0 Å². The summed E-state index contributed by atoms with van der Waals surface area (Å²) < 4.78 is 14.8. The maximum Gasteiger partial charge on any atom is 0.123 e. The summed E-state index contributed by atoms with van der Waals surface area (Å²) in [5.41, 5.74) is 1.15. The fourth-order valence-electron chi connectivity index (χ4n) is 4.97. The van der Waals surface area contributed by atoms with Gasteiger partial charge in [0.15, 0.2) is 0 Å². The van der Waals surface area contributed by atoms with Crippen molar-refractivity contribution in [3.8, 4) is 0 Å². The zero-order valence-corrected chi connectivity index (χ0v) is 21.4. The Kier molecular flexibility index (Phi) is 16.0. The molecule has 0 aliphatic rings. The fraction of sp³-hybridized carbons (Fsp3) is 0.793. The van der Waals surface area contributed by atoms with E-state index in [1.165, 1.54) is 114 Å². The van der Waals surface area contributed by atoms with Crippen LogP contribution in [0, 0.1) is 5.82 Å². The van der Waals surface area contributed by atoms with Gasteiger partial charge in [-0.1, -0.05) is 77.3 Å². The lowest BCUT2D eigenvalue weighted by Gasteiger charge is -2.43. The molecule has 1 aromatic rings. The van der Waals surface area contributed by atoms with Crippen molar-refractivity contribution >= 4 is 0 Å². The SMILES string of the molecule is CCCCCCCC[N+](CCCCCCCC)(CCCCc1cccc(F)c1)C(C)C. The van der Waals surface area contributed by atoms with Crippen LogP contribution < -0.4 is 0 Å². The molecule has 0 amide bonds. The minimum Gasteiger partial charge on any atom is -0.322 e. The average molecular weight is 435 g/mol. The minimum absolute atomic E-state index is 0.101. The van der Waals surface area contributed by atoms with Gasteiger partial charge in [0, 0.05) is 0 Å². The van der Waals surface area contributed by atoms with Gasteiger partial charge >= 0.3 is 0 Å². The summed E-state index contributed by atoms with van der Waals surface area (Å²) in [7, 11) is 0. The summed E-state index contributed by atoms with van der Waals surface area (Å²) >= 11 is 0. The highest BCUT2D eigenvalue weighted by molar-refractivity contribution is 5.16.